The van der Waals surface area contributed by atoms with Gasteiger partial charge in [-0.3, -0.25) is 10.1 Å². The molecule has 136 valence electrons. The fourth-order valence-electron chi connectivity index (χ4n) is 2.72. The molecule has 4 aromatic rings. The molecule has 0 aliphatic rings. The summed E-state index contributed by atoms with van der Waals surface area (Å²) in [6, 6.07) is 15.4. The van der Waals surface area contributed by atoms with Crippen molar-refractivity contribution in [2.45, 2.75) is 13.3 Å². The monoisotopic (exact) mass is 378 g/mol. The zero-order valence-corrected chi connectivity index (χ0v) is 15.5. The summed E-state index contributed by atoms with van der Waals surface area (Å²) in [6.07, 6.45) is 2.48. The fraction of sp³-hybridized carbons (Fsp3) is 0.150. The van der Waals surface area contributed by atoms with Gasteiger partial charge in [0.05, 0.1) is 6.61 Å². The molecular weight excluding hydrogens is 360 g/mol. The molecule has 4 rings (SSSR count). The molecule has 0 saturated heterocycles. The van der Waals surface area contributed by atoms with E-state index in [1.807, 2.05) is 55.6 Å². The van der Waals surface area contributed by atoms with Crippen molar-refractivity contribution >= 4 is 33.3 Å². The lowest BCUT2D eigenvalue weighted by molar-refractivity contribution is 0.102. The second kappa shape index (κ2) is 7.59. The van der Waals surface area contributed by atoms with Crippen molar-refractivity contribution in [2.75, 3.05) is 11.9 Å². The highest BCUT2D eigenvalue weighted by Crippen LogP contribution is 2.19. The molecule has 0 bridgehead atoms. The minimum atomic E-state index is -0.204. The highest BCUT2D eigenvalue weighted by Gasteiger charge is 2.11. The molecule has 0 aliphatic carbocycles. The molecule has 0 fully saturated rings. The van der Waals surface area contributed by atoms with Crippen LogP contribution in [0.15, 0.2) is 54.7 Å². The van der Waals surface area contributed by atoms with Gasteiger partial charge in [-0.1, -0.05) is 29.5 Å². The first-order valence-corrected chi connectivity index (χ1v) is 9.39. The number of aryl methyl sites for hydroxylation is 1. The second-order valence-electron chi connectivity index (χ2n) is 6.15. The number of benzene rings is 2. The van der Waals surface area contributed by atoms with Crippen molar-refractivity contribution in [3.05, 3.63) is 70.9 Å². The molecule has 2 aromatic carbocycles. The third-order valence-electron chi connectivity index (χ3n) is 4.08. The first kappa shape index (κ1) is 17.2. The summed E-state index contributed by atoms with van der Waals surface area (Å²) in [5.41, 5.74) is 2.66. The zero-order chi connectivity index (χ0) is 18.6. The zero-order valence-electron chi connectivity index (χ0n) is 14.7. The van der Waals surface area contributed by atoms with Crippen LogP contribution >= 0.6 is 11.3 Å². The van der Waals surface area contributed by atoms with Crippen LogP contribution in [0, 0.1) is 6.92 Å². The minimum Gasteiger partial charge on any atom is -0.493 e. The van der Waals surface area contributed by atoms with E-state index in [4.69, 9.17) is 4.74 Å². The molecule has 27 heavy (non-hydrogen) atoms. The second-order valence-corrected chi connectivity index (χ2v) is 7.21. The van der Waals surface area contributed by atoms with Crippen LogP contribution in [0.4, 0.5) is 5.13 Å². The quantitative estimate of drug-likeness (QED) is 0.527. The van der Waals surface area contributed by atoms with E-state index >= 15 is 0 Å². The van der Waals surface area contributed by atoms with Crippen LogP contribution < -0.4 is 10.1 Å². The Balaban J connectivity index is 1.34. The molecule has 2 heterocycles. The van der Waals surface area contributed by atoms with Crippen LogP contribution in [0.25, 0.3) is 10.9 Å². The Morgan fingerprint density at radius 1 is 1.19 bits per heavy atom. The van der Waals surface area contributed by atoms with Gasteiger partial charge in [-0.05, 0) is 48.2 Å². The number of carbonyl (C=O) groups is 1. The van der Waals surface area contributed by atoms with E-state index in [1.54, 1.807) is 6.07 Å². The molecule has 2 N–H and O–H groups in total. The summed E-state index contributed by atoms with van der Waals surface area (Å²) in [5, 5.41) is 13.3. The third kappa shape index (κ3) is 4.15. The fourth-order valence-corrected chi connectivity index (χ4v) is 3.44. The highest BCUT2D eigenvalue weighted by molar-refractivity contribution is 7.15. The first-order valence-electron chi connectivity index (χ1n) is 8.58. The van der Waals surface area contributed by atoms with Crippen LogP contribution in [0.2, 0.25) is 0 Å². The summed E-state index contributed by atoms with van der Waals surface area (Å²) in [4.78, 5) is 15.5. The molecule has 0 saturated carbocycles. The first-order chi connectivity index (χ1) is 13.2. The van der Waals surface area contributed by atoms with Gasteiger partial charge in [0.25, 0.3) is 5.91 Å². The summed E-state index contributed by atoms with van der Waals surface area (Å²) >= 11 is 1.36. The van der Waals surface area contributed by atoms with Crippen molar-refractivity contribution in [3.8, 4) is 5.75 Å². The number of anilines is 1. The molecule has 2 aromatic heterocycles. The Hall–Kier alpha value is -3.19. The Morgan fingerprint density at radius 2 is 2.11 bits per heavy atom. The molecule has 7 heteroatoms. The number of hydrogen-bond acceptors (Lipinski definition) is 5. The van der Waals surface area contributed by atoms with Gasteiger partial charge in [-0.15, -0.1) is 10.2 Å². The standard InChI is InChI=1S/C20H18N4O2S/c1-13-3-2-4-16(11-13)26-10-8-18-23-24-20(27-18)22-19(25)15-6-5-14-7-9-21-17(14)12-15/h2-7,9,11-12,21H,8,10H2,1H3,(H,22,24,25). The number of fused-ring (bicyclic) bond motifs is 1. The average Bonchev–Trinajstić information content (AvgIpc) is 3.30. The maximum absolute atomic E-state index is 12.4. The van der Waals surface area contributed by atoms with Gasteiger partial charge in [-0.25, -0.2) is 0 Å². The smallest absolute Gasteiger partial charge is 0.257 e. The summed E-state index contributed by atoms with van der Waals surface area (Å²) < 4.78 is 5.73. The Kier molecular flexibility index (Phi) is 4.84. The van der Waals surface area contributed by atoms with Crippen molar-refractivity contribution in [1.29, 1.82) is 0 Å². The molecule has 6 nitrogen and oxygen atoms in total. The largest absolute Gasteiger partial charge is 0.493 e. The van der Waals surface area contributed by atoms with Crippen molar-refractivity contribution in [1.82, 2.24) is 15.2 Å². The SMILES string of the molecule is Cc1cccc(OCCc2nnc(NC(=O)c3ccc4cc[nH]c4c3)s2)c1. The van der Waals surface area contributed by atoms with Crippen LogP contribution in [0.5, 0.6) is 5.75 Å². The topological polar surface area (TPSA) is 79.9 Å². The average molecular weight is 378 g/mol. The number of rotatable bonds is 6. The van der Waals surface area contributed by atoms with Crippen LogP contribution in [-0.4, -0.2) is 27.7 Å². The molecule has 0 aliphatic heterocycles. The van der Waals surface area contributed by atoms with E-state index in [9.17, 15) is 4.79 Å². The number of ether oxygens (including phenoxy) is 1. The van der Waals surface area contributed by atoms with E-state index in [1.165, 1.54) is 11.3 Å². The number of nitrogens with one attached hydrogen (secondary N) is 2. The Morgan fingerprint density at radius 3 is 3.00 bits per heavy atom. The maximum Gasteiger partial charge on any atom is 0.257 e. The number of aromatic amines is 1. The van der Waals surface area contributed by atoms with E-state index in [-0.39, 0.29) is 5.91 Å². The van der Waals surface area contributed by atoms with E-state index in [2.05, 4.69) is 20.5 Å². The number of H-pyrrole nitrogens is 1. The lowest BCUT2D eigenvalue weighted by atomic mass is 10.1. The van der Waals surface area contributed by atoms with Crippen molar-refractivity contribution in [2.24, 2.45) is 0 Å². The van der Waals surface area contributed by atoms with Gasteiger partial charge in [0.1, 0.15) is 10.8 Å². The normalized spacial score (nSPS) is 10.9. The molecule has 0 unspecified atom stereocenters. The van der Waals surface area contributed by atoms with Crippen molar-refractivity contribution in [3.63, 3.8) is 0 Å². The minimum absolute atomic E-state index is 0.204. The summed E-state index contributed by atoms with van der Waals surface area (Å²) in [6.45, 7) is 2.54. The molecule has 1 amide bonds. The van der Waals surface area contributed by atoms with Crippen LogP contribution in [-0.2, 0) is 6.42 Å². The van der Waals surface area contributed by atoms with Gasteiger partial charge in [-0.2, -0.15) is 0 Å². The summed E-state index contributed by atoms with van der Waals surface area (Å²) in [5.74, 6) is 0.637. The van der Waals surface area contributed by atoms with E-state index in [0.717, 1.165) is 27.2 Å². The lowest BCUT2D eigenvalue weighted by Crippen LogP contribution is -2.11. The van der Waals surface area contributed by atoms with Gasteiger partial charge in [0.15, 0.2) is 0 Å². The van der Waals surface area contributed by atoms with E-state index in [0.29, 0.717) is 23.7 Å². The van der Waals surface area contributed by atoms with Crippen LogP contribution in [0.3, 0.4) is 0 Å². The van der Waals surface area contributed by atoms with Crippen LogP contribution in [0.1, 0.15) is 20.9 Å². The lowest BCUT2D eigenvalue weighted by Gasteiger charge is -2.05. The molecule has 0 atom stereocenters. The highest BCUT2D eigenvalue weighted by atomic mass is 32.1. The summed E-state index contributed by atoms with van der Waals surface area (Å²) in [7, 11) is 0. The van der Waals surface area contributed by atoms with Gasteiger partial charge < -0.3 is 9.72 Å². The van der Waals surface area contributed by atoms with Crippen molar-refractivity contribution < 1.29 is 9.53 Å². The van der Waals surface area contributed by atoms with E-state index < -0.39 is 0 Å². The van der Waals surface area contributed by atoms with Gasteiger partial charge in [0, 0.05) is 23.7 Å². The Labute approximate surface area is 160 Å². The predicted octanol–water partition coefficient (Wildman–Crippen LogP) is 4.20. The number of amides is 1. The molecule has 0 spiro atoms. The number of hydrogen-bond donors (Lipinski definition) is 2. The molecular formula is C20H18N4O2S. The third-order valence-corrected chi connectivity index (χ3v) is 4.98. The number of aromatic nitrogens is 3. The maximum atomic E-state index is 12.4. The predicted molar refractivity (Wildman–Crippen MR) is 107 cm³/mol. The Bertz CT molecular complexity index is 1090. The molecule has 0 radical (unpaired) electrons. The van der Waals surface area contributed by atoms with Gasteiger partial charge >= 0.3 is 0 Å². The number of nitrogens with zero attached hydrogens (tertiary/aromatic N) is 2. The number of carbonyl (C=O) groups excluding carboxylic acids is 1. The van der Waals surface area contributed by atoms with Gasteiger partial charge in [0.2, 0.25) is 5.13 Å².